The van der Waals surface area contributed by atoms with Gasteiger partial charge in [-0.05, 0) is 25.0 Å². The third-order valence-corrected chi connectivity index (χ3v) is 4.54. The molecular weight excluding hydrogens is 322 g/mol. The zero-order chi connectivity index (χ0) is 18.6. The van der Waals surface area contributed by atoms with E-state index in [1.54, 1.807) is 7.11 Å². The Hall–Kier alpha value is -2.00. The van der Waals surface area contributed by atoms with Crippen LogP contribution in [-0.4, -0.2) is 13.7 Å². The SMILES string of the molecule is CCCCCCCOc1c(CNCc2ccc(C)cc2)cccc1OC. The Labute approximate surface area is 158 Å². The van der Waals surface area contributed by atoms with Crippen LogP contribution in [0.1, 0.15) is 55.7 Å². The van der Waals surface area contributed by atoms with Crippen molar-refractivity contribution in [3.8, 4) is 11.5 Å². The Morgan fingerprint density at radius 1 is 0.885 bits per heavy atom. The van der Waals surface area contributed by atoms with Gasteiger partial charge in [0.1, 0.15) is 0 Å². The molecule has 0 saturated heterocycles. The quantitative estimate of drug-likeness (QED) is 0.500. The van der Waals surface area contributed by atoms with Gasteiger partial charge in [0.2, 0.25) is 0 Å². The van der Waals surface area contributed by atoms with E-state index in [4.69, 9.17) is 9.47 Å². The van der Waals surface area contributed by atoms with E-state index in [-0.39, 0.29) is 0 Å². The minimum Gasteiger partial charge on any atom is -0.493 e. The molecule has 26 heavy (non-hydrogen) atoms. The first kappa shape index (κ1) is 20.3. The van der Waals surface area contributed by atoms with E-state index in [0.29, 0.717) is 0 Å². The number of methoxy groups -OCH3 is 1. The van der Waals surface area contributed by atoms with E-state index in [1.165, 1.54) is 36.8 Å². The van der Waals surface area contributed by atoms with Gasteiger partial charge >= 0.3 is 0 Å². The first-order valence-corrected chi connectivity index (χ1v) is 9.79. The number of ether oxygens (including phenoxy) is 2. The molecule has 0 saturated carbocycles. The number of hydrogen-bond acceptors (Lipinski definition) is 3. The van der Waals surface area contributed by atoms with Crippen LogP contribution in [0.2, 0.25) is 0 Å². The van der Waals surface area contributed by atoms with Gasteiger partial charge in [-0.15, -0.1) is 0 Å². The Morgan fingerprint density at radius 2 is 1.65 bits per heavy atom. The lowest BCUT2D eigenvalue weighted by molar-refractivity contribution is 0.281. The molecule has 142 valence electrons. The highest BCUT2D eigenvalue weighted by Crippen LogP contribution is 2.31. The first-order valence-electron chi connectivity index (χ1n) is 9.79. The molecule has 0 radical (unpaired) electrons. The summed E-state index contributed by atoms with van der Waals surface area (Å²) in [5.41, 5.74) is 3.72. The predicted molar refractivity (Wildman–Crippen MR) is 109 cm³/mol. The second-order valence-corrected chi connectivity index (χ2v) is 6.80. The third kappa shape index (κ3) is 6.72. The molecule has 0 atom stereocenters. The van der Waals surface area contributed by atoms with Crippen LogP contribution in [0.25, 0.3) is 0 Å². The summed E-state index contributed by atoms with van der Waals surface area (Å²) in [5.74, 6) is 1.69. The van der Waals surface area contributed by atoms with Crippen LogP contribution in [0, 0.1) is 6.92 Å². The maximum Gasteiger partial charge on any atom is 0.165 e. The van der Waals surface area contributed by atoms with Crippen molar-refractivity contribution in [2.24, 2.45) is 0 Å². The zero-order valence-corrected chi connectivity index (χ0v) is 16.5. The highest BCUT2D eigenvalue weighted by molar-refractivity contribution is 5.46. The van der Waals surface area contributed by atoms with Crippen LogP contribution in [0.5, 0.6) is 11.5 Å². The zero-order valence-electron chi connectivity index (χ0n) is 16.5. The summed E-state index contributed by atoms with van der Waals surface area (Å²) in [4.78, 5) is 0. The highest BCUT2D eigenvalue weighted by Gasteiger charge is 2.10. The number of aryl methyl sites for hydroxylation is 1. The molecule has 0 aliphatic heterocycles. The number of unbranched alkanes of at least 4 members (excludes halogenated alkanes) is 4. The second kappa shape index (κ2) is 11.6. The lowest BCUT2D eigenvalue weighted by atomic mass is 10.1. The molecule has 0 aliphatic rings. The maximum atomic E-state index is 6.09. The van der Waals surface area contributed by atoms with Crippen molar-refractivity contribution in [2.45, 2.75) is 59.0 Å². The molecule has 0 spiro atoms. The molecule has 0 bridgehead atoms. The fourth-order valence-corrected chi connectivity index (χ4v) is 2.95. The van der Waals surface area contributed by atoms with Crippen LogP contribution in [0.15, 0.2) is 42.5 Å². The van der Waals surface area contributed by atoms with Gasteiger partial charge < -0.3 is 14.8 Å². The topological polar surface area (TPSA) is 30.5 Å². The number of benzene rings is 2. The van der Waals surface area contributed by atoms with Crippen LogP contribution in [-0.2, 0) is 13.1 Å². The largest absolute Gasteiger partial charge is 0.493 e. The summed E-state index contributed by atoms with van der Waals surface area (Å²) < 4.78 is 11.6. The molecule has 3 heteroatoms. The summed E-state index contributed by atoms with van der Waals surface area (Å²) >= 11 is 0. The fourth-order valence-electron chi connectivity index (χ4n) is 2.95. The van der Waals surface area contributed by atoms with Gasteiger partial charge in [0.05, 0.1) is 13.7 Å². The Kier molecular flexibility index (Phi) is 9.05. The van der Waals surface area contributed by atoms with Gasteiger partial charge in [-0.1, -0.05) is 74.6 Å². The van der Waals surface area contributed by atoms with E-state index in [1.807, 2.05) is 12.1 Å². The molecule has 0 heterocycles. The molecule has 2 aromatic rings. The Balaban J connectivity index is 1.88. The second-order valence-electron chi connectivity index (χ2n) is 6.80. The summed E-state index contributed by atoms with van der Waals surface area (Å²) in [7, 11) is 1.70. The Morgan fingerprint density at radius 3 is 2.38 bits per heavy atom. The molecule has 0 fully saturated rings. The number of rotatable bonds is 12. The number of hydrogen-bond donors (Lipinski definition) is 1. The van der Waals surface area contributed by atoms with E-state index < -0.39 is 0 Å². The van der Waals surface area contributed by atoms with Gasteiger partial charge in [-0.2, -0.15) is 0 Å². The molecule has 2 rings (SSSR count). The lowest BCUT2D eigenvalue weighted by Crippen LogP contribution is -2.14. The average molecular weight is 356 g/mol. The lowest BCUT2D eigenvalue weighted by Gasteiger charge is -2.16. The highest BCUT2D eigenvalue weighted by atomic mass is 16.5. The van der Waals surface area contributed by atoms with Gasteiger partial charge in [-0.25, -0.2) is 0 Å². The number of para-hydroxylation sites is 1. The van der Waals surface area contributed by atoms with Crippen LogP contribution in [0.3, 0.4) is 0 Å². The normalized spacial score (nSPS) is 10.7. The predicted octanol–water partition coefficient (Wildman–Crippen LogP) is 5.64. The monoisotopic (exact) mass is 355 g/mol. The van der Waals surface area contributed by atoms with E-state index in [2.05, 4.69) is 49.5 Å². The summed E-state index contributed by atoms with van der Waals surface area (Å²) in [5, 5.41) is 3.51. The van der Waals surface area contributed by atoms with Crippen molar-refractivity contribution in [3.05, 3.63) is 59.2 Å². The fraction of sp³-hybridized carbons (Fsp3) is 0.478. The van der Waals surface area contributed by atoms with Gasteiger partial charge in [-0.3, -0.25) is 0 Å². The summed E-state index contributed by atoms with van der Waals surface area (Å²) in [6.45, 7) is 6.69. The van der Waals surface area contributed by atoms with Crippen molar-refractivity contribution >= 4 is 0 Å². The summed E-state index contributed by atoms with van der Waals surface area (Å²) in [6, 6.07) is 14.7. The average Bonchev–Trinajstić information content (AvgIpc) is 2.66. The molecule has 0 aliphatic carbocycles. The van der Waals surface area contributed by atoms with Crippen LogP contribution >= 0.6 is 0 Å². The van der Waals surface area contributed by atoms with Crippen molar-refractivity contribution in [1.29, 1.82) is 0 Å². The van der Waals surface area contributed by atoms with Crippen molar-refractivity contribution in [1.82, 2.24) is 5.32 Å². The molecule has 3 nitrogen and oxygen atoms in total. The van der Waals surface area contributed by atoms with Crippen molar-refractivity contribution in [2.75, 3.05) is 13.7 Å². The molecular formula is C23H33NO2. The maximum absolute atomic E-state index is 6.09. The first-order chi connectivity index (χ1) is 12.7. The van der Waals surface area contributed by atoms with Crippen molar-refractivity contribution < 1.29 is 9.47 Å². The molecule has 2 aromatic carbocycles. The standard InChI is InChI=1S/C23H33NO2/c1-4-5-6-7-8-16-26-23-21(10-9-11-22(23)25-3)18-24-17-20-14-12-19(2)13-15-20/h9-15,24H,4-8,16-18H2,1-3H3. The Bertz CT molecular complexity index is 637. The third-order valence-electron chi connectivity index (χ3n) is 4.54. The van der Waals surface area contributed by atoms with Gasteiger partial charge in [0.25, 0.3) is 0 Å². The number of nitrogens with one attached hydrogen (secondary N) is 1. The minimum atomic E-state index is 0.745. The molecule has 0 unspecified atom stereocenters. The molecule has 1 N–H and O–H groups in total. The van der Waals surface area contributed by atoms with Gasteiger partial charge in [0.15, 0.2) is 11.5 Å². The molecule has 0 aromatic heterocycles. The van der Waals surface area contributed by atoms with Gasteiger partial charge in [0, 0.05) is 18.7 Å². The molecule has 0 amide bonds. The van der Waals surface area contributed by atoms with Crippen LogP contribution < -0.4 is 14.8 Å². The smallest absolute Gasteiger partial charge is 0.165 e. The minimum absolute atomic E-state index is 0.745. The van der Waals surface area contributed by atoms with Crippen LogP contribution in [0.4, 0.5) is 0 Å². The van der Waals surface area contributed by atoms with Crippen molar-refractivity contribution in [3.63, 3.8) is 0 Å². The van der Waals surface area contributed by atoms with E-state index in [9.17, 15) is 0 Å². The van der Waals surface area contributed by atoms with E-state index >= 15 is 0 Å². The summed E-state index contributed by atoms with van der Waals surface area (Å²) in [6.07, 6.45) is 6.18. The van der Waals surface area contributed by atoms with E-state index in [0.717, 1.165) is 43.2 Å².